The van der Waals surface area contributed by atoms with Crippen LogP contribution in [0.2, 0.25) is 0 Å². The van der Waals surface area contributed by atoms with Crippen molar-refractivity contribution in [3.8, 4) is 6.01 Å². The van der Waals surface area contributed by atoms with E-state index in [2.05, 4.69) is 50.2 Å². The lowest BCUT2D eigenvalue weighted by molar-refractivity contribution is 0.280. The second kappa shape index (κ2) is 5.06. The maximum atomic E-state index is 5.52. The first-order chi connectivity index (χ1) is 8.81. The summed E-state index contributed by atoms with van der Waals surface area (Å²) in [6.07, 6.45) is 6.03. The normalized spacial score (nSPS) is 14.5. The lowest BCUT2D eigenvalue weighted by Crippen LogP contribution is -1.99. The van der Waals surface area contributed by atoms with Crippen LogP contribution in [0.15, 0.2) is 41.1 Å². The van der Waals surface area contributed by atoms with E-state index in [1.54, 1.807) is 12.4 Å². The highest BCUT2D eigenvalue weighted by Crippen LogP contribution is 2.39. The van der Waals surface area contributed by atoms with Gasteiger partial charge in [-0.3, -0.25) is 0 Å². The molecule has 1 aliphatic rings. The van der Waals surface area contributed by atoms with Crippen LogP contribution < -0.4 is 4.74 Å². The van der Waals surface area contributed by atoms with Gasteiger partial charge in [-0.15, -0.1) is 0 Å². The van der Waals surface area contributed by atoms with Gasteiger partial charge in [0.2, 0.25) is 0 Å². The molecular weight excluding hydrogens is 292 g/mol. The number of hydrogen-bond donors (Lipinski definition) is 0. The van der Waals surface area contributed by atoms with E-state index >= 15 is 0 Å². The minimum Gasteiger partial charge on any atom is -0.459 e. The number of ether oxygens (including phenoxy) is 1. The zero-order valence-corrected chi connectivity index (χ0v) is 11.4. The molecule has 0 aliphatic heterocycles. The second-order valence-electron chi connectivity index (χ2n) is 4.49. The summed E-state index contributed by atoms with van der Waals surface area (Å²) >= 11 is 3.29. The summed E-state index contributed by atoms with van der Waals surface area (Å²) < 4.78 is 6.37. The maximum absolute atomic E-state index is 5.52. The van der Waals surface area contributed by atoms with Crippen molar-refractivity contribution in [2.75, 3.05) is 0 Å². The van der Waals surface area contributed by atoms with Gasteiger partial charge in [0.1, 0.15) is 6.61 Å². The zero-order valence-electron chi connectivity index (χ0n) is 9.84. The van der Waals surface area contributed by atoms with Crippen molar-refractivity contribution in [1.29, 1.82) is 0 Å². The first-order valence-electron chi connectivity index (χ1n) is 6.00. The monoisotopic (exact) mass is 304 g/mol. The lowest BCUT2D eigenvalue weighted by Gasteiger charge is -2.05. The minimum absolute atomic E-state index is 0.407. The first-order valence-corrected chi connectivity index (χ1v) is 6.80. The maximum Gasteiger partial charge on any atom is 0.316 e. The molecule has 0 radical (unpaired) electrons. The first kappa shape index (κ1) is 11.7. The summed E-state index contributed by atoms with van der Waals surface area (Å²) in [4.78, 5) is 8.14. The molecule has 4 heteroatoms. The van der Waals surface area contributed by atoms with Crippen LogP contribution in [-0.4, -0.2) is 9.97 Å². The SMILES string of the molecule is Brc1cnc(OCc2ccc(C3CC3)cc2)nc1. The van der Waals surface area contributed by atoms with Crippen LogP contribution in [0.3, 0.4) is 0 Å². The van der Waals surface area contributed by atoms with E-state index in [9.17, 15) is 0 Å². The summed E-state index contributed by atoms with van der Waals surface area (Å²) in [5.41, 5.74) is 2.59. The van der Waals surface area contributed by atoms with Crippen molar-refractivity contribution in [2.24, 2.45) is 0 Å². The molecule has 1 fully saturated rings. The Balaban J connectivity index is 1.60. The number of aromatic nitrogens is 2. The topological polar surface area (TPSA) is 35.0 Å². The van der Waals surface area contributed by atoms with Crippen LogP contribution in [0.25, 0.3) is 0 Å². The van der Waals surface area contributed by atoms with E-state index in [1.807, 2.05) is 0 Å². The van der Waals surface area contributed by atoms with Gasteiger partial charge in [-0.25, -0.2) is 9.97 Å². The molecular formula is C14H13BrN2O. The molecule has 18 heavy (non-hydrogen) atoms. The number of rotatable bonds is 4. The molecule has 0 N–H and O–H groups in total. The third-order valence-corrected chi connectivity index (χ3v) is 3.40. The largest absolute Gasteiger partial charge is 0.459 e. The predicted molar refractivity (Wildman–Crippen MR) is 72.5 cm³/mol. The number of benzene rings is 1. The van der Waals surface area contributed by atoms with Gasteiger partial charge in [0.25, 0.3) is 0 Å². The Hall–Kier alpha value is -1.42. The molecule has 1 aliphatic carbocycles. The molecule has 1 saturated carbocycles. The van der Waals surface area contributed by atoms with E-state index in [4.69, 9.17) is 4.74 Å². The number of nitrogens with zero attached hydrogens (tertiary/aromatic N) is 2. The Morgan fingerprint density at radius 2 is 1.78 bits per heavy atom. The number of hydrogen-bond acceptors (Lipinski definition) is 3. The molecule has 0 amide bonds. The molecule has 0 atom stereocenters. The summed E-state index contributed by atoms with van der Waals surface area (Å²) in [5, 5.41) is 0. The third-order valence-electron chi connectivity index (χ3n) is 2.99. The van der Waals surface area contributed by atoms with Gasteiger partial charge in [0.15, 0.2) is 0 Å². The van der Waals surface area contributed by atoms with Gasteiger partial charge in [-0.05, 0) is 45.8 Å². The van der Waals surface area contributed by atoms with E-state index in [-0.39, 0.29) is 0 Å². The van der Waals surface area contributed by atoms with Gasteiger partial charge in [0.05, 0.1) is 4.47 Å². The molecule has 0 saturated heterocycles. The smallest absolute Gasteiger partial charge is 0.316 e. The molecule has 3 rings (SSSR count). The molecule has 92 valence electrons. The number of halogens is 1. The van der Waals surface area contributed by atoms with Crippen molar-refractivity contribution >= 4 is 15.9 Å². The fourth-order valence-corrected chi connectivity index (χ4v) is 2.03. The van der Waals surface area contributed by atoms with Crippen molar-refractivity contribution in [3.63, 3.8) is 0 Å². The summed E-state index contributed by atoms with van der Waals surface area (Å²) in [6, 6.07) is 9.03. The summed E-state index contributed by atoms with van der Waals surface area (Å²) in [7, 11) is 0. The van der Waals surface area contributed by atoms with E-state index in [1.165, 1.54) is 18.4 Å². The highest BCUT2D eigenvalue weighted by Gasteiger charge is 2.22. The van der Waals surface area contributed by atoms with Gasteiger partial charge in [-0.1, -0.05) is 24.3 Å². The van der Waals surface area contributed by atoms with Gasteiger partial charge < -0.3 is 4.74 Å². The molecule has 1 aromatic heterocycles. The van der Waals surface area contributed by atoms with Crippen LogP contribution in [0.4, 0.5) is 0 Å². The Bertz CT molecular complexity index is 520. The highest BCUT2D eigenvalue weighted by atomic mass is 79.9. The molecule has 3 nitrogen and oxygen atoms in total. The Morgan fingerprint density at radius 3 is 2.39 bits per heavy atom. The van der Waals surface area contributed by atoms with Gasteiger partial charge in [-0.2, -0.15) is 0 Å². The fraction of sp³-hybridized carbons (Fsp3) is 0.286. The Morgan fingerprint density at radius 1 is 1.11 bits per heavy atom. The molecule has 0 unspecified atom stereocenters. The standard InChI is InChI=1S/C14H13BrN2O/c15-13-7-16-14(17-8-13)18-9-10-1-3-11(4-2-10)12-5-6-12/h1-4,7-8,12H,5-6,9H2. The van der Waals surface area contributed by atoms with Crippen LogP contribution in [0, 0.1) is 0 Å². The molecule has 0 spiro atoms. The quantitative estimate of drug-likeness (QED) is 0.864. The predicted octanol–water partition coefficient (Wildman–Crippen LogP) is 3.70. The average molecular weight is 305 g/mol. The molecule has 2 aromatic rings. The molecule has 1 heterocycles. The lowest BCUT2D eigenvalue weighted by atomic mass is 10.1. The minimum atomic E-state index is 0.407. The molecule has 0 bridgehead atoms. The highest BCUT2D eigenvalue weighted by molar-refractivity contribution is 9.10. The van der Waals surface area contributed by atoms with Crippen LogP contribution in [-0.2, 0) is 6.61 Å². The van der Waals surface area contributed by atoms with Crippen LogP contribution in [0.1, 0.15) is 29.9 Å². The van der Waals surface area contributed by atoms with Crippen LogP contribution in [0.5, 0.6) is 6.01 Å². The average Bonchev–Trinajstić information content (AvgIpc) is 3.23. The summed E-state index contributed by atoms with van der Waals surface area (Å²) in [5.74, 6) is 0.801. The van der Waals surface area contributed by atoms with Gasteiger partial charge >= 0.3 is 6.01 Å². The van der Waals surface area contributed by atoms with Crippen molar-refractivity contribution in [3.05, 3.63) is 52.3 Å². The van der Waals surface area contributed by atoms with E-state index < -0.39 is 0 Å². The van der Waals surface area contributed by atoms with Crippen molar-refractivity contribution in [2.45, 2.75) is 25.4 Å². The van der Waals surface area contributed by atoms with Crippen molar-refractivity contribution in [1.82, 2.24) is 9.97 Å². The van der Waals surface area contributed by atoms with E-state index in [0.717, 1.165) is 16.0 Å². The molecule has 1 aromatic carbocycles. The van der Waals surface area contributed by atoms with Gasteiger partial charge in [0, 0.05) is 12.4 Å². The third kappa shape index (κ3) is 2.88. The van der Waals surface area contributed by atoms with E-state index in [0.29, 0.717) is 12.6 Å². The summed E-state index contributed by atoms with van der Waals surface area (Å²) in [6.45, 7) is 0.507. The van der Waals surface area contributed by atoms with Crippen LogP contribution >= 0.6 is 15.9 Å². The van der Waals surface area contributed by atoms with Crippen molar-refractivity contribution < 1.29 is 4.74 Å². The Kier molecular flexibility index (Phi) is 3.28. The second-order valence-corrected chi connectivity index (χ2v) is 5.40. The fourth-order valence-electron chi connectivity index (χ4n) is 1.83. The zero-order chi connectivity index (χ0) is 12.4. The Labute approximate surface area is 114 Å².